The van der Waals surface area contributed by atoms with E-state index in [1.807, 2.05) is 18.2 Å². The van der Waals surface area contributed by atoms with E-state index < -0.39 is 6.04 Å². The highest BCUT2D eigenvalue weighted by Gasteiger charge is 2.26. The van der Waals surface area contributed by atoms with E-state index in [-0.39, 0.29) is 0 Å². The fourth-order valence-electron chi connectivity index (χ4n) is 2.80. The molecule has 1 aromatic heterocycles. The van der Waals surface area contributed by atoms with Crippen molar-refractivity contribution in [2.45, 2.75) is 12.6 Å². The van der Waals surface area contributed by atoms with Gasteiger partial charge in [0.15, 0.2) is 0 Å². The van der Waals surface area contributed by atoms with E-state index in [1.165, 1.54) is 5.01 Å². The highest BCUT2D eigenvalue weighted by molar-refractivity contribution is 6.00. The maximum absolute atomic E-state index is 6.43. The SMILES string of the molecule is NCc1cc(N(N)C2=C(C(N)c3cccnc3)C(N)=NCN2)ccc1N. The van der Waals surface area contributed by atoms with Gasteiger partial charge in [0.25, 0.3) is 0 Å². The molecule has 0 spiro atoms. The lowest BCUT2D eigenvalue weighted by Gasteiger charge is -2.31. The lowest BCUT2D eigenvalue weighted by Crippen LogP contribution is -2.45. The number of anilines is 2. The average Bonchev–Trinajstić information content (AvgIpc) is 2.67. The third-order valence-electron chi connectivity index (χ3n) is 4.25. The van der Waals surface area contributed by atoms with Crippen LogP contribution in [0.15, 0.2) is 59.1 Å². The third-order valence-corrected chi connectivity index (χ3v) is 4.25. The monoisotopic (exact) mass is 353 g/mol. The van der Waals surface area contributed by atoms with Crippen LogP contribution in [0.25, 0.3) is 0 Å². The molecular formula is C17H23N9. The van der Waals surface area contributed by atoms with Crippen LogP contribution in [0.2, 0.25) is 0 Å². The summed E-state index contributed by atoms with van der Waals surface area (Å²) < 4.78 is 0. The van der Waals surface area contributed by atoms with Crippen molar-refractivity contribution in [2.75, 3.05) is 17.4 Å². The van der Waals surface area contributed by atoms with Gasteiger partial charge < -0.3 is 28.3 Å². The van der Waals surface area contributed by atoms with Crippen LogP contribution in [0.1, 0.15) is 17.2 Å². The average molecular weight is 353 g/mol. The number of hydrogen-bond acceptors (Lipinski definition) is 9. The molecule has 11 N–H and O–H groups in total. The van der Waals surface area contributed by atoms with E-state index in [0.29, 0.717) is 41.8 Å². The van der Waals surface area contributed by atoms with Crippen molar-refractivity contribution >= 4 is 17.2 Å². The molecule has 0 saturated carbocycles. The molecule has 1 atom stereocenters. The number of hydrazine groups is 1. The molecule has 9 heteroatoms. The summed E-state index contributed by atoms with van der Waals surface area (Å²) in [5.41, 5.74) is 27.7. The molecule has 0 fully saturated rings. The third kappa shape index (κ3) is 3.31. The maximum Gasteiger partial charge on any atom is 0.131 e. The normalized spacial score (nSPS) is 15.3. The Morgan fingerprint density at radius 3 is 2.73 bits per heavy atom. The molecule has 0 radical (unpaired) electrons. The van der Waals surface area contributed by atoms with E-state index in [1.54, 1.807) is 24.5 Å². The van der Waals surface area contributed by atoms with E-state index in [0.717, 1.165) is 11.1 Å². The predicted octanol–water partition coefficient (Wildman–Crippen LogP) is -0.368. The summed E-state index contributed by atoms with van der Waals surface area (Å²) in [5.74, 6) is 7.27. The molecule has 136 valence electrons. The van der Waals surface area contributed by atoms with Crippen LogP contribution < -0.4 is 39.1 Å². The van der Waals surface area contributed by atoms with Crippen LogP contribution in [0, 0.1) is 0 Å². The van der Waals surface area contributed by atoms with Gasteiger partial charge in [-0.25, -0.2) is 10.8 Å². The zero-order chi connectivity index (χ0) is 18.7. The number of nitrogen functional groups attached to an aromatic ring is 1. The van der Waals surface area contributed by atoms with Crippen molar-refractivity contribution in [3.05, 3.63) is 65.2 Å². The van der Waals surface area contributed by atoms with Crippen LogP contribution in [-0.2, 0) is 6.54 Å². The van der Waals surface area contributed by atoms with E-state index in [2.05, 4.69) is 15.3 Å². The summed E-state index contributed by atoms with van der Waals surface area (Å²) >= 11 is 0. The number of pyridine rings is 1. The summed E-state index contributed by atoms with van der Waals surface area (Å²) in [7, 11) is 0. The number of benzene rings is 1. The van der Waals surface area contributed by atoms with Crippen molar-refractivity contribution in [3.8, 4) is 0 Å². The maximum atomic E-state index is 6.43. The van der Waals surface area contributed by atoms with E-state index in [4.69, 9.17) is 28.8 Å². The Morgan fingerprint density at radius 1 is 1.23 bits per heavy atom. The highest BCUT2D eigenvalue weighted by atomic mass is 15.5. The molecule has 0 bridgehead atoms. The summed E-state index contributed by atoms with van der Waals surface area (Å²) in [4.78, 5) is 8.34. The number of nitrogens with zero attached hydrogens (tertiary/aromatic N) is 3. The second kappa shape index (κ2) is 7.40. The van der Waals surface area contributed by atoms with Gasteiger partial charge in [0.2, 0.25) is 0 Å². The largest absolute Gasteiger partial charge is 0.398 e. The second-order valence-electron chi connectivity index (χ2n) is 5.86. The number of amidine groups is 1. The zero-order valence-electron chi connectivity index (χ0n) is 14.3. The molecule has 0 aliphatic carbocycles. The molecule has 3 rings (SSSR count). The minimum absolute atomic E-state index is 0.302. The molecule has 1 aliphatic rings. The summed E-state index contributed by atoms with van der Waals surface area (Å²) in [5, 5.41) is 4.63. The van der Waals surface area contributed by atoms with Crippen molar-refractivity contribution in [2.24, 2.45) is 28.0 Å². The van der Waals surface area contributed by atoms with Gasteiger partial charge in [-0.15, -0.1) is 0 Å². The van der Waals surface area contributed by atoms with Crippen LogP contribution in [0.4, 0.5) is 11.4 Å². The van der Waals surface area contributed by atoms with Crippen molar-refractivity contribution < 1.29 is 0 Å². The van der Waals surface area contributed by atoms with E-state index >= 15 is 0 Å². The summed E-state index contributed by atoms with van der Waals surface area (Å²) in [6.07, 6.45) is 3.37. The molecule has 1 unspecified atom stereocenters. The van der Waals surface area contributed by atoms with Crippen LogP contribution >= 0.6 is 0 Å². The minimum atomic E-state index is -0.538. The first-order valence-corrected chi connectivity index (χ1v) is 8.10. The van der Waals surface area contributed by atoms with Crippen LogP contribution in [0.3, 0.4) is 0 Å². The Morgan fingerprint density at radius 2 is 2.04 bits per heavy atom. The quantitative estimate of drug-likeness (QED) is 0.240. The van der Waals surface area contributed by atoms with Gasteiger partial charge in [0.05, 0.1) is 17.3 Å². The second-order valence-corrected chi connectivity index (χ2v) is 5.86. The number of rotatable bonds is 5. The molecule has 2 aromatic rings. The zero-order valence-corrected chi connectivity index (χ0v) is 14.3. The summed E-state index contributed by atoms with van der Waals surface area (Å²) in [6, 6.07) is 8.55. The Bertz CT molecular complexity index is 845. The summed E-state index contributed by atoms with van der Waals surface area (Å²) in [6.45, 7) is 0.614. The van der Waals surface area contributed by atoms with Crippen molar-refractivity contribution in [1.29, 1.82) is 0 Å². The number of hydrogen-bond donors (Lipinski definition) is 6. The van der Waals surface area contributed by atoms with Gasteiger partial charge in [-0.1, -0.05) is 6.07 Å². The lowest BCUT2D eigenvalue weighted by molar-refractivity contribution is 0.711. The predicted molar refractivity (Wildman–Crippen MR) is 103 cm³/mol. The fourth-order valence-corrected chi connectivity index (χ4v) is 2.80. The van der Waals surface area contributed by atoms with Crippen molar-refractivity contribution in [1.82, 2.24) is 10.3 Å². The fraction of sp³-hybridized carbons (Fsp3) is 0.176. The Kier molecular flexibility index (Phi) is 5.03. The molecule has 0 amide bonds. The molecule has 26 heavy (non-hydrogen) atoms. The smallest absolute Gasteiger partial charge is 0.131 e. The number of nitrogens with two attached hydrogens (primary N) is 5. The first-order valence-electron chi connectivity index (χ1n) is 8.10. The molecule has 2 heterocycles. The van der Waals surface area contributed by atoms with Gasteiger partial charge in [0.1, 0.15) is 18.3 Å². The Labute approximate surface area is 151 Å². The minimum Gasteiger partial charge on any atom is -0.398 e. The molecule has 9 nitrogen and oxygen atoms in total. The first kappa shape index (κ1) is 17.7. The molecule has 1 aromatic carbocycles. The van der Waals surface area contributed by atoms with E-state index in [9.17, 15) is 0 Å². The number of aliphatic imine (C=N–C) groups is 1. The Hall–Kier alpha value is -3.14. The van der Waals surface area contributed by atoms with Gasteiger partial charge in [-0.05, 0) is 35.4 Å². The molecular weight excluding hydrogens is 330 g/mol. The van der Waals surface area contributed by atoms with Gasteiger partial charge >= 0.3 is 0 Å². The van der Waals surface area contributed by atoms with Gasteiger partial charge in [-0.2, -0.15) is 0 Å². The molecule has 1 aliphatic heterocycles. The van der Waals surface area contributed by atoms with Crippen LogP contribution in [0.5, 0.6) is 0 Å². The van der Waals surface area contributed by atoms with Crippen LogP contribution in [-0.4, -0.2) is 17.5 Å². The van der Waals surface area contributed by atoms with Gasteiger partial charge in [-0.3, -0.25) is 9.99 Å². The highest BCUT2D eigenvalue weighted by Crippen LogP contribution is 2.27. The first-order chi connectivity index (χ1) is 12.5. The topological polar surface area (TPSA) is 171 Å². The molecule has 0 saturated heterocycles. The van der Waals surface area contributed by atoms with Crippen molar-refractivity contribution in [3.63, 3.8) is 0 Å². The van der Waals surface area contributed by atoms with Gasteiger partial charge in [0, 0.05) is 24.6 Å². The number of aromatic nitrogens is 1. The standard InChI is InChI=1S/C17H23N9/c18-7-11-6-12(3-4-13(11)19)26(22)17-14(16(21)24-9-25-17)15(20)10-2-1-5-23-8-10/h1-6,8,15,25H,7,9,18-20,22H2,(H2,21,24). The number of nitrogens with one attached hydrogen (secondary N) is 1. The Balaban J connectivity index is 2.05. The lowest BCUT2D eigenvalue weighted by atomic mass is 9.99.